The number of ketones is 2. The fourth-order valence-corrected chi connectivity index (χ4v) is 3.64. The molecule has 0 saturated carbocycles. The number of aliphatic hydroxyl groups is 1. The smallest absolute Gasteiger partial charge is 0.235 e. The van der Waals surface area contributed by atoms with Crippen LogP contribution in [0.15, 0.2) is 78.4 Å². The molecule has 0 aliphatic heterocycles. The zero-order valence-corrected chi connectivity index (χ0v) is 16.3. The van der Waals surface area contributed by atoms with Crippen molar-refractivity contribution in [3.05, 3.63) is 106 Å². The number of hydrogen-bond acceptors (Lipinski definition) is 4. The van der Waals surface area contributed by atoms with Gasteiger partial charge in [-0.2, -0.15) is 0 Å². The van der Waals surface area contributed by atoms with E-state index in [0.717, 1.165) is 22.4 Å². The summed E-state index contributed by atoms with van der Waals surface area (Å²) in [6.07, 6.45) is 0. The van der Waals surface area contributed by atoms with E-state index in [9.17, 15) is 14.7 Å². The standard InChI is InChI=1S/C25H21NO3/c1-15-10-12-18(13-11-15)26-22(17-7-5-6-16(2)14-17)21-23(27)19-8-3-4-9-20(19)24(28)25(21)29/h3-14,22,26-27H,1-2H3. The minimum absolute atomic E-state index is 0.0693. The summed E-state index contributed by atoms with van der Waals surface area (Å²) in [4.78, 5) is 25.8. The van der Waals surface area contributed by atoms with Crippen molar-refractivity contribution in [1.29, 1.82) is 0 Å². The quantitative estimate of drug-likeness (QED) is 0.609. The van der Waals surface area contributed by atoms with E-state index in [0.29, 0.717) is 5.56 Å². The van der Waals surface area contributed by atoms with Crippen LogP contribution in [0, 0.1) is 13.8 Å². The lowest BCUT2D eigenvalue weighted by Gasteiger charge is -2.27. The van der Waals surface area contributed by atoms with Gasteiger partial charge in [-0.1, -0.05) is 71.8 Å². The number of nitrogens with one attached hydrogen (secondary N) is 1. The molecule has 2 N–H and O–H groups in total. The molecule has 0 spiro atoms. The van der Waals surface area contributed by atoms with Gasteiger partial charge in [0, 0.05) is 16.8 Å². The molecule has 1 aliphatic rings. The zero-order chi connectivity index (χ0) is 20.5. The third-order valence-electron chi connectivity index (χ3n) is 5.16. The van der Waals surface area contributed by atoms with E-state index < -0.39 is 17.6 Å². The number of Topliss-reactive ketones (excluding diaryl/α,β-unsaturated/α-hetero) is 2. The zero-order valence-electron chi connectivity index (χ0n) is 16.3. The van der Waals surface area contributed by atoms with E-state index in [1.54, 1.807) is 24.3 Å². The van der Waals surface area contributed by atoms with Gasteiger partial charge in [-0.25, -0.2) is 0 Å². The van der Waals surface area contributed by atoms with E-state index in [1.807, 2.05) is 62.4 Å². The molecule has 4 rings (SSSR count). The van der Waals surface area contributed by atoms with Crippen LogP contribution in [-0.4, -0.2) is 16.7 Å². The van der Waals surface area contributed by atoms with Gasteiger partial charge in [0.2, 0.25) is 11.6 Å². The first-order chi connectivity index (χ1) is 14.0. The van der Waals surface area contributed by atoms with Crippen molar-refractivity contribution < 1.29 is 14.7 Å². The van der Waals surface area contributed by atoms with Gasteiger partial charge in [0.1, 0.15) is 5.76 Å². The third-order valence-corrected chi connectivity index (χ3v) is 5.16. The van der Waals surface area contributed by atoms with Crippen molar-refractivity contribution >= 4 is 23.0 Å². The molecular weight excluding hydrogens is 362 g/mol. The molecule has 0 radical (unpaired) electrons. The van der Waals surface area contributed by atoms with Crippen LogP contribution in [0.3, 0.4) is 0 Å². The number of aliphatic hydroxyl groups excluding tert-OH is 1. The molecule has 0 heterocycles. The summed E-state index contributed by atoms with van der Waals surface area (Å²) in [5.74, 6) is -1.44. The fraction of sp³-hybridized carbons (Fsp3) is 0.120. The lowest BCUT2D eigenvalue weighted by Crippen LogP contribution is -2.30. The SMILES string of the molecule is Cc1ccc(NC(C2=C(O)c3ccccc3C(=O)C2=O)c2cccc(C)c2)cc1. The molecule has 0 bridgehead atoms. The van der Waals surface area contributed by atoms with Crippen molar-refractivity contribution in [3.63, 3.8) is 0 Å². The second-order valence-electron chi connectivity index (χ2n) is 7.32. The molecule has 29 heavy (non-hydrogen) atoms. The van der Waals surface area contributed by atoms with Crippen molar-refractivity contribution in [2.75, 3.05) is 5.32 Å². The molecule has 1 unspecified atom stereocenters. The largest absolute Gasteiger partial charge is 0.507 e. The Morgan fingerprint density at radius 2 is 1.45 bits per heavy atom. The minimum atomic E-state index is -0.688. The van der Waals surface area contributed by atoms with Crippen LogP contribution >= 0.6 is 0 Å². The van der Waals surface area contributed by atoms with E-state index in [1.165, 1.54) is 0 Å². The number of hydrogen-bond donors (Lipinski definition) is 2. The molecule has 0 aromatic heterocycles. The Morgan fingerprint density at radius 1 is 0.759 bits per heavy atom. The summed E-state index contributed by atoms with van der Waals surface area (Å²) in [6, 6.07) is 21.4. The molecule has 0 amide bonds. The number of anilines is 1. The van der Waals surface area contributed by atoms with Gasteiger partial charge in [-0.15, -0.1) is 0 Å². The highest BCUT2D eigenvalue weighted by Gasteiger charge is 2.37. The summed E-state index contributed by atoms with van der Waals surface area (Å²) in [5.41, 5.74) is 4.41. The lowest BCUT2D eigenvalue weighted by molar-refractivity contribution is -0.112. The first kappa shape index (κ1) is 18.7. The first-order valence-electron chi connectivity index (χ1n) is 9.47. The molecule has 4 nitrogen and oxygen atoms in total. The maximum absolute atomic E-state index is 13.0. The average molecular weight is 383 g/mol. The van der Waals surface area contributed by atoms with Crippen molar-refractivity contribution in [2.45, 2.75) is 19.9 Å². The summed E-state index contributed by atoms with van der Waals surface area (Å²) in [6.45, 7) is 3.96. The van der Waals surface area contributed by atoms with E-state index >= 15 is 0 Å². The Balaban J connectivity index is 1.89. The Kier molecular flexibility index (Phi) is 4.77. The third kappa shape index (κ3) is 3.45. The summed E-state index contributed by atoms with van der Waals surface area (Å²) >= 11 is 0. The molecule has 4 heteroatoms. The number of fused-ring (bicyclic) bond motifs is 1. The van der Waals surface area contributed by atoms with Crippen LogP contribution in [-0.2, 0) is 4.79 Å². The normalized spacial score (nSPS) is 14.6. The predicted octanol–water partition coefficient (Wildman–Crippen LogP) is 5.19. The number of rotatable bonds is 4. The molecular formula is C25H21NO3. The maximum Gasteiger partial charge on any atom is 0.235 e. The lowest BCUT2D eigenvalue weighted by atomic mass is 9.83. The highest BCUT2D eigenvalue weighted by molar-refractivity contribution is 6.52. The Morgan fingerprint density at radius 3 is 2.14 bits per heavy atom. The van der Waals surface area contributed by atoms with Crippen LogP contribution in [0.25, 0.3) is 5.76 Å². The Bertz CT molecular complexity index is 1140. The Hall–Kier alpha value is -3.66. The van der Waals surface area contributed by atoms with Gasteiger partial charge in [-0.3, -0.25) is 9.59 Å². The van der Waals surface area contributed by atoms with Crippen molar-refractivity contribution in [1.82, 2.24) is 0 Å². The molecule has 3 aromatic carbocycles. The second kappa shape index (κ2) is 7.40. The topological polar surface area (TPSA) is 66.4 Å². The predicted molar refractivity (Wildman–Crippen MR) is 114 cm³/mol. The first-order valence-corrected chi connectivity index (χ1v) is 9.47. The molecule has 0 fully saturated rings. The second-order valence-corrected chi connectivity index (χ2v) is 7.32. The number of carbonyl (C=O) groups is 2. The van der Waals surface area contributed by atoms with Crippen LogP contribution in [0.4, 0.5) is 5.69 Å². The molecule has 1 aliphatic carbocycles. The van der Waals surface area contributed by atoms with Gasteiger partial charge in [0.15, 0.2) is 0 Å². The molecule has 0 saturated heterocycles. The van der Waals surface area contributed by atoms with Crippen LogP contribution in [0.2, 0.25) is 0 Å². The summed E-state index contributed by atoms with van der Waals surface area (Å²) in [7, 11) is 0. The fourth-order valence-electron chi connectivity index (χ4n) is 3.64. The number of carbonyl (C=O) groups excluding carboxylic acids is 2. The van der Waals surface area contributed by atoms with Crippen molar-refractivity contribution in [3.8, 4) is 0 Å². The molecule has 3 aromatic rings. The van der Waals surface area contributed by atoms with E-state index in [2.05, 4.69) is 5.32 Å². The highest BCUT2D eigenvalue weighted by Crippen LogP contribution is 2.37. The summed E-state index contributed by atoms with van der Waals surface area (Å²) < 4.78 is 0. The molecule has 1 atom stereocenters. The number of aryl methyl sites for hydroxylation is 2. The van der Waals surface area contributed by atoms with Crippen LogP contribution in [0.5, 0.6) is 0 Å². The van der Waals surface area contributed by atoms with Gasteiger partial charge in [-0.05, 0) is 31.5 Å². The highest BCUT2D eigenvalue weighted by atomic mass is 16.3. The van der Waals surface area contributed by atoms with Crippen LogP contribution < -0.4 is 5.32 Å². The average Bonchev–Trinajstić information content (AvgIpc) is 2.73. The Labute approximate surface area is 169 Å². The minimum Gasteiger partial charge on any atom is -0.507 e. The van der Waals surface area contributed by atoms with Gasteiger partial charge < -0.3 is 10.4 Å². The van der Waals surface area contributed by atoms with E-state index in [-0.39, 0.29) is 16.9 Å². The molecule has 144 valence electrons. The van der Waals surface area contributed by atoms with Gasteiger partial charge >= 0.3 is 0 Å². The van der Waals surface area contributed by atoms with E-state index in [4.69, 9.17) is 0 Å². The monoisotopic (exact) mass is 383 g/mol. The summed E-state index contributed by atoms with van der Waals surface area (Å²) in [5, 5.41) is 14.3. The maximum atomic E-state index is 13.0. The van der Waals surface area contributed by atoms with Gasteiger partial charge in [0.05, 0.1) is 11.6 Å². The van der Waals surface area contributed by atoms with Gasteiger partial charge in [0.25, 0.3) is 0 Å². The van der Waals surface area contributed by atoms with Crippen molar-refractivity contribution in [2.24, 2.45) is 0 Å². The number of benzene rings is 3. The van der Waals surface area contributed by atoms with Crippen LogP contribution in [0.1, 0.15) is 38.7 Å².